The van der Waals surface area contributed by atoms with E-state index in [1.807, 2.05) is 39.0 Å². The van der Waals surface area contributed by atoms with E-state index in [1.54, 1.807) is 0 Å². The minimum absolute atomic E-state index is 0.166. The van der Waals surface area contributed by atoms with Crippen LogP contribution < -0.4 is 4.74 Å². The Balaban J connectivity index is 2.06. The van der Waals surface area contributed by atoms with Crippen molar-refractivity contribution >= 4 is 16.9 Å². The number of hydrogen-bond acceptors (Lipinski definition) is 3. The molecule has 1 aliphatic rings. The van der Waals surface area contributed by atoms with Gasteiger partial charge < -0.3 is 9.47 Å². The Kier molecular flexibility index (Phi) is 4.09. The second-order valence-corrected chi connectivity index (χ2v) is 9.12. The summed E-state index contributed by atoms with van der Waals surface area (Å²) in [4.78, 5) is 12.1. The number of carbonyl (C=O) groups excluding carboxylic acids is 1. The molecule has 0 amide bonds. The first kappa shape index (κ1) is 17.8. The minimum Gasteiger partial charge on any atom is -0.428 e. The zero-order valence-electron chi connectivity index (χ0n) is 16.3. The van der Waals surface area contributed by atoms with Crippen LogP contribution in [0.1, 0.15) is 71.4 Å². The monoisotopic (exact) mass is 340 g/mol. The summed E-state index contributed by atoms with van der Waals surface area (Å²) < 4.78 is 10.8. The maximum absolute atomic E-state index is 12.1. The molecule has 2 aromatic carbocycles. The molecule has 0 bridgehead atoms. The average molecular weight is 340 g/mol. The molecule has 2 atom stereocenters. The Morgan fingerprint density at radius 3 is 2.24 bits per heavy atom. The van der Waals surface area contributed by atoms with Crippen molar-refractivity contribution in [3.05, 3.63) is 41.5 Å². The van der Waals surface area contributed by atoms with E-state index in [9.17, 15) is 4.79 Å². The van der Waals surface area contributed by atoms with Gasteiger partial charge in [-0.25, -0.2) is 4.79 Å². The summed E-state index contributed by atoms with van der Waals surface area (Å²) in [7, 11) is 0. The van der Waals surface area contributed by atoms with E-state index < -0.39 is 11.8 Å². The molecular formula is C22H28O3. The van der Waals surface area contributed by atoms with Crippen LogP contribution in [0.5, 0.6) is 5.75 Å². The summed E-state index contributed by atoms with van der Waals surface area (Å²) in [6.45, 7) is 14.6. The molecule has 0 radical (unpaired) electrons. The largest absolute Gasteiger partial charge is 0.514 e. The lowest BCUT2D eigenvalue weighted by atomic mass is 9.72. The fourth-order valence-corrected chi connectivity index (χ4v) is 4.19. The topological polar surface area (TPSA) is 35.5 Å². The van der Waals surface area contributed by atoms with Crippen molar-refractivity contribution in [2.45, 2.75) is 65.9 Å². The second kappa shape index (κ2) is 5.76. The maximum Gasteiger partial charge on any atom is 0.514 e. The quantitative estimate of drug-likeness (QED) is 0.445. The van der Waals surface area contributed by atoms with Crippen LogP contribution in [0.4, 0.5) is 4.79 Å². The van der Waals surface area contributed by atoms with Crippen molar-refractivity contribution in [3.63, 3.8) is 0 Å². The molecule has 0 aliphatic heterocycles. The van der Waals surface area contributed by atoms with Gasteiger partial charge in [0.05, 0.1) is 0 Å². The predicted octanol–water partition coefficient (Wildman–Crippen LogP) is 6.40. The number of carbonyl (C=O) groups is 1. The fraction of sp³-hybridized carbons (Fsp3) is 0.500. The van der Waals surface area contributed by atoms with E-state index >= 15 is 0 Å². The fourth-order valence-electron chi connectivity index (χ4n) is 4.19. The molecule has 0 spiro atoms. The lowest BCUT2D eigenvalue weighted by molar-refractivity contribution is 0.0209. The van der Waals surface area contributed by atoms with Gasteiger partial charge in [-0.15, -0.1) is 0 Å². The molecule has 2 unspecified atom stereocenters. The van der Waals surface area contributed by atoms with E-state index in [0.29, 0.717) is 17.6 Å². The van der Waals surface area contributed by atoms with Gasteiger partial charge in [0.25, 0.3) is 0 Å². The highest BCUT2D eigenvalue weighted by atomic mass is 16.7. The van der Waals surface area contributed by atoms with E-state index in [4.69, 9.17) is 9.47 Å². The number of ether oxygens (including phenoxy) is 2. The van der Waals surface area contributed by atoms with Gasteiger partial charge in [0.2, 0.25) is 0 Å². The molecule has 0 N–H and O–H groups in total. The van der Waals surface area contributed by atoms with Gasteiger partial charge in [0.1, 0.15) is 11.4 Å². The summed E-state index contributed by atoms with van der Waals surface area (Å²) in [6.07, 6.45) is -0.661. The van der Waals surface area contributed by atoms with Crippen LogP contribution >= 0.6 is 0 Å². The van der Waals surface area contributed by atoms with Crippen molar-refractivity contribution in [3.8, 4) is 5.75 Å². The summed E-state index contributed by atoms with van der Waals surface area (Å²) in [6, 6.07) is 10.3. The second-order valence-electron chi connectivity index (χ2n) is 9.12. The van der Waals surface area contributed by atoms with Crippen molar-refractivity contribution in [2.75, 3.05) is 0 Å². The molecule has 3 nitrogen and oxygen atoms in total. The molecule has 0 fully saturated rings. The summed E-state index contributed by atoms with van der Waals surface area (Å²) in [5.41, 5.74) is 2.28. The average Bonchev–Trinajstić information content (AvgIpc) is 2.74. The molecule has 0 saturated carbocycles. The standard InChI is InChI=1S/C22H28O3/c1-13-14-9-8-10-15-17(24-20(23)25-22(5,6)7)12-11-16(18(14)15)19(13)21(2,3)4/h8-13,19H,1-7H3. The van der Waals surface area contributed by atoms with E-state index in [0.717, 1.165) is 5.39 Å². The van der Waals surface area contributed by atoms with Crippen LogP contribution in [0.2, 0.25) is 0 Å². The molecule has 3 rings (SSSR count). The summed E-state index contributed by atoms with van der Waals surface area (Å²) in [5, 5.41) is 2.22. The molecule has 1 aliphatic carbocycles. The number of hydrogen-bond donors (Lipinski definition) is 0. The first-order valence-electron chi connectivity index (χ1n) is 8.95. The van der Waals surface area contributed by atoms with Crippen molar-refractivity contribution in [2.24, 2.45) is 5.41 Å². The van der Waals surface area contributed by atoms with Crippen molar-refractivity contribution in [1.29, 1.82) is 0 Å². The van der Waals surface area contributed by atoms with Crippen LogP contribution in [-0.2, 0) is 4.74 Å². The zero-order chi connectivity index (χ0) is 18.6. The number of rotatable bonds is 1. The molecule has 0 saturated heterocycles. The predicted molar refractivity (Wildman–Crippen MR) is 101 cm³/mol. The third-order valence-electron chi connectivity index (χ3n) is 4.91. The molecule has 0 aromatic heterocycles. The Hall–Kier alpha value is -2.03. The molecule has 2 aromatic rings. The molecule has 134 valence electrons. The minimum atomic E-state index is -0.661. The van der Waals surface area contributed by atoms with Crippen molar-refractivity contribution < 1.29 is 14.3 Å². The van der Waals surface area contributed by atoms with Crippen LogP contribution in [0.25, 0.3) is 10.8 Å². The van der Waals surface area contributed by atoms with E-state index in [1.165, 1.54) is 16.5 Å². The van der Waals surface area contributed by atoms with Gasteiger partial charge in [-0.3, -0.25) is 0 Å². The Bertz CT molecular complexity index is 822. The Labute approximate surface area is 150 Å². The van der Waals surface area contributed by atoms with Gasteiger partial charge in [0, 0.05) is 5.39 Å². The smallest absolute Gasteiger partial charge is 0.428 e. The van der Waals surface area contributed by atoms with Crippen LogP contribution in [0.3, 0.4) is 0 Å². The molecule has 0 heterocycles. The maximum atomic E-state index is 12.1. The van der Waals surface area contributed by atoms with E-state index in [-0.39, 0.29) is 5.41 Å². The van der Waals surface area contributed by atoms with Crippen LogP contribution in [-0.4, -0.2) is 11.8 Å². The molecule has 3 heteroatoms. The number of benzene rings is 2. The van der Waals surface area contributed by atoms with Gasteiger partial charge in [-0.1, -0.05) is 52.0 Å². The summed E-state index contributed by atoms with van der Waals surface area (Å²) in [5.74, 6) is 1.45. The summed E-state index contributed by atoms with van der Waals surface area (Å²) >= 11 is 0. The van der Waals surface area contributed by atoms with Gasteiger partial charge >= 0.3 is 6.16 Å². The Morgan fingerprint density at radius 2 is 1.64 bits per heavy atom. The SMILES string of the molecule is CC1c2cccc3c(OC(=O)OC(C)(C)C)ccc(c23)C1C(C)(C)C. The molecular weight excluding hydrogens is 312 g/mol. The highest BCUT2D eigenvalue weighted by molar-refractivity contribution is 5.97. The van der Waals surface area contributed by atoms with Crippen molar-refractivity contribution in [1.82, 2.24) is 0 Å². The first-order valence-corrected chi connectivity index (χ1v) is 8.95. The van der Waals surface area contributed by atoms with Gasteiger partial charge in [-0.2, -0.15) is 0 Å². The normalized spacial score (nSPS) is 20.0. The lowest BCUT2D eigenvalue weighted by Crippen LogP contribution is -2.26. The highest BCUT2D eigenvalue weighted by Gasteiger charge is 2.39. The first-order chi connectivity index (χ1) is 11.5. The zero-order valence-corrected chi connectivity index (χ0v) is 16.3. The van der Waals surface area contributed by atoms with Crippen LogP contribution in [0, 0.1) is 5.41 Å². The Morgan fingerprint density at radius 1 is 0.960 bits per heavy atom. The highest BCUT2D eigenvalue weighted by Crippen LogP contribution is 2.55. The van der Waals surface area contributed by atoms with Gasteiger partial charge in [0.15, 0.2) is 0 Å². The third-order valence-corrected chi connectivity index (χ3v) is 4.91. The lowest BCUT2D eigenvalue weighted by Gasteiger charge is -2.32. The molecule has 25 heavy (non-hydrogen) atoms. The third kappa shape index (κ3) is 3.24. The van der Waals surface area contributed by atoms with Gasteiger partial charge in [-0.05, 0) is 60.6 Å². The van der Waals surface area contributed by atoms with Crippen LogP contribution in [0.15, 0.2) is 30.3 Å². The van der Waals surface area contributed by atoms with E-state index in [2.05, 4.69) is 39.8 Å².